The summed E-state index contributed by atoms with van der Waals surface area (Å²) in [5.41, 5.74) is 6.75. The fourth-order valence-electron chi connectivity index (χ4n) is 2.34. The lowest BCUT2D eigenvalue weighted by atomic mass is 10.0. The fourth-order valence-corrected chi connectivity index (χ4v) is 2.34. The quantitative estimate of drug-likeness (QED) is 0.670. The smallest absolute Gasteiger partial charge is 0.0993 e. The SMILES string of the molecule is Cc1ccc(-c2cc(C#N)cc(-c3ccc(C)cc3)n2)cc1. The third-order valence-corrected chi connectivity index (χ3v) is 3.65. The van der Waals surface area contributed by atoms with E-state index in [4.69, 9.17) is 4.98 Å². The molecule has 1 aromatic heterocycles. The molecule has 0 saturated carbocycles. The van der Waals surface area contributed by atoms with Crippen molar-refractivity contribution in [2.45, 2.75) is 13.8 Å². The molecule has 0 radical (unpaired) electrons. The van der Waals surface area contributed by atoms with Crippen molar-refractivity contribution in [2.24, 2.45) is 0 Å². The number of aryl methyl sites for hydroxylation is 2. The molecule has 3 aromatic rings. The molecule has 0 fully saturated rings. The van der Waals surface area contributed by atoms with Gasteiger partial charge in [-0.15, -0.1) is 0 Å². The highest BCUT2D eigenvalue weighted by Crippen LogP contribution is 2.25. The van der Waals surface area contributed by atoms with Gasteiger partial charge in [-0.1, -0.05) is 59.7 Å². The molecule has 0 unspecified atom stereocenters. The summed E-state index contributed by atoms with van der Waals surface area (Å²) < 4.78 is 0. The van der Waals surface area contributed by atoms with Crippen LogP contribution in [-0.4, -0.2) is 4.98 Å². The second-order valence-electron chi connectivity index (χ2n) is 5.47. The highest BCUT2D eigenvalue weighted by atomic mass is 14.7. The first-order valence-corrected chi connectivity index (χ1v) is 7.22. The van der Waals surface area contributed by atoms with Gasteiger partial charge < -0.3 is 0 Å². The Bertz CT molecular complexity index is 775. The van der Waals surface area contributed by atoms with Crippen molar-refractivity contribution >= 4 is 0 Å². The molecule has 3 rings (SSSR count). The molecule has 2 heteroatoms. The average Bonchev–Trinajstić information content (AvgIpc) is 2.55. The minimum absolute atomic E-state index is 0.626. The van der Waals surface area contributed by atoms with Crippen molar-refractivity contribution in [1.29, 1.82) is 5.26 Å². The Balaban J connectivity index is 2.12. The number of hydrogen-bond donors (Lipinski definition) is 0. The highest BCUT2D eigenvalue weighted by Gasteiger charge is 2.07. The van der Waals surface area contributed by atoms with Gasteiger partial charge in [0.1, 0.15) is 0 Å². The maximum Gasteiger partial charge on any atom is 0.0993 e. The second-order valence-corrected chi connectivity index (χ2v) is 5.47. The molecular weight excluding hydrogens is 268 g/mol. The molecule has 0 aliphatic carbocycles. The molecular formula is C20H16N2. The highest BCUT2D eigenvalue weighted by molar-refractivity contribution is 5.68. The number of aromatic nitrogens is 1. The van der Waals surface area contributed by atoms with Crippen LogP contribution in [0, 0.1) is 25.2 Å². The normalized spacial score (nSPS) is 10.2. The molecule has 0 aliphatic heterocycles. The van der Waals surface area contributed by atoms with Gasteiger partial charge in [0.2, 0.25) is 0 Å². The van der Waals surface area contributed by atoms with E-state index in [1.54, 1.807) is 0 Å². The van der Waals surface area contributed by atoms with Gasteiger partial charge in [0.25, 0.3) is 0 Å². The third-order valence-electron chi connectivity index (χ3n) is 3.65. The van der Waals surface area contributed by atoms with E-state index in [9.17, 15) is 5.26 Å². The average molecular weight is 284 g/mol. The van der Waals surface area contributed by atoms with Crippen LogP contribution in [0.1, 0.15) is 16.7 Å². The number of nitriles is 1. The van der Waals surface area contributed by atoms with Gasteiger partial charge in [0.15, 0.2) is 0 Å². The summed E-state index contributed by atoms with van der Waals surface area (Å²) in [4.78, 5) is 4.73. The van der Waals surface area contributed by atoms with Crippen molar-refractivity contribution < 1.29 is 0 Å². The van der Waals surface area contributed by atoms with Crippen LogP contribution in [0.15, 0.2) is 60.7 Å². The second kappa shape index (κ2) is 5.83. The molecule has 2 nitrogen and oxygen atoms in total. The van der Waals surface area contributed by atoms with Crippen LogP contribution in [0.5, 0.6) is 0 Å². The van der Waals surface area contributed by atoms with Gasteiger partial charge in [-0.3, -0.25) is 0 Å². The molecule has 0 saturated heterocycles. The molecule has 0 bridgehead atoms. The van der Waals surface area contributed by atoms with E-state index in [-0.39, 0.29) is 0 Å². The van der Waals surface area contributed by atoms with Crippen molar-refractivity contribution in [2.75, 3.05) is 0 Å². The number of rotatable bonds is 2. The summed E-state index contributed by atoms with van der Waals surface area (Å²) in [6.07, 6.45) is 0. The monoisotopic (exact) mass is 284 g/mol. The van der Waals surface area contributed by atoms with Crippen LogP contribution in [0.4, 0.5) is 0 Å². The maximum atomic E-state index is 9.29. The minimum atomic E-state index is 0.626. The zero-order valence-corrected chi connectivity index (χ0v) is 12.7. The van der Waals surface area contributed by atoms with Gasteiger partial charge in [0.05, 0.1) is 23.0 Å². The molecule has 1 heterocycles. The Hall–Kier alpha value is -2.92. The standard InChI is InChI=1S/C20H16N2/c1-14-3-7-17(8-4-14)19-11-16(13-21)12-20(22-19)18-9-5-15(2)6-10-18/h3-12H,1-2H3. The molecule has 106 valence electrons. The Morgan fingerprint density at radius 2 is 1.14 bits per heavy atom. The Morgan fingerprint density at radius 3 is 1.50 bits per heavy atom. The Kier molecular flexibility index (Phi) is 3.72. The molecule has 0 amide bonds. The number of hydrogen-bond acceptors (Lipinski definition) is 2. The first kappa shape index (κ1) is 14.0. The summed E-state index contributed by atoms with van der Waals surface area (Å²) in [5.74, 6) is 0. The number of nitrogens with zero attached hydrogens (tertiary/aromatic N) is 2. The van der Waals surface area contributed by atoms with Gasteiger partial charge >= 0.3 is 0 Å². The van der Waals surface area contributed by atoms with Crippen molar-refractivity contribution in [3.63, 3.8) is 0 Å². The van der Waals surface area contributed by atoms with E-state index in [1.807, 2.05) is 36.4 Å². The molecule has 22 heavy (non-hydrogen) atoms. The van der Waals surface area contributed by atoms with Crippen LogP contribution in [0.25, 0.3) is 22.5 Å². The number of benzene rings is 2. The molecule has 0 atom stereocenters. The van der Waals surface area contributed by atoms with Crippen molar-refractivity contribution in [1.82, 2.24) is 4.98 Å². The van der Waals surface area contributed by atoms with Gasteiger partial charge in [0, 0.05) is 11.1 Å². The first-order chi connectivity index (χ1) is 10.7. The lowest BCUT2D eigenvalue weighted by Gasteiger charge is -2.07. The predicted molar refractivity (Wildman–Crippen MR) is 89.3 cm³/mol. The van der Waals surface area contributed by atoms with Crippen LogP contribution < -0.4 is 0 Å². The maximum absolute atomic E-state index is 9.29. The zero-order valence-electron chi connectivity index (χ0n) is 12.7. The predicted octanol–water partition coefficient (Wildman–Crippen LogP) is 4.90. The van der Waals surface area contributed by atoms with Crippen LogP contribution >= 0.6 is 0 Å². The van der Waals surface area contributed by atoms with Crippen LogP contribution in [0.3, 0.4) is 0 Å². The molecule has 2 aromatic carbocycles. The summed E-state index contributed by atoms with van der Waals surface area (Å²) in [6.45, 7) is 4.11. The fraction of sp³-hybridized carbons (Fsp3) is 0.100. The van der Waals surface area contributed by atoms with Gasteiger partial charge in [-0.25, -0.2) is 4.98 Å². The van der Waals surface area contributed by atoms with Crippen molar-refractivity contribution in [3.8, 4) is 28.6 Å². The lowest BCUT2D eigenvalue weighted by Crippen LogP contribution is -1.91. The van der Waals surface area contributed by atoms with E-state index < -0.39 is 0 Å². The number of pyridine rings is 1. The summed E-state index contributed by atoms with van der Waals surface area (Å²) in [7, 11) is 0. The summed E-state index contributed by atoms with van der Waals surface area (Å²) in [5, 5.41) is 9.29. The van der Waals surface area contributed by atoms with E-state index in [1.165, 1.54) is 11.1 Å². The Morgan fingerprint density at radius 1 is 0.727 bits per heavy atom. The third kappa shape index (κ3) is 2.89. The molecule has 0 N–H and O–H groups in total. The van der Waals surface area contributed by atoms with Crippen LogP contribution in [0.2, 0.25) is 0 Å². The van der Waals surface area contributed by atoms with Gasteiger partial charge in [-0.05, 0) is 26.0 Å². The Labute approximate surface area is 130 Å². The van der Waals surface area contributed by atoms with Crippen molar-refractivity contribution in [3.05, 3.63) is 77.4 Å². The van der Waals surface area contributed by atoms with E-state index >= 15 is 0 Å². The largest absolute Gasteiger partial charge is 0.248 e. The summed E-state index contributed by atoms with van der Waals surface area (Å²) >= 11 is 0. The molecule has 0 spiro atoms. The topological polar surface area (TPSA) is 36.7 Å². The van der Waals surface area contributed by atoms with Gasteiger partial charge in [-0.2, -0.15) is 5.26 Å². The lowest BCUT2D eigenvalue weighted by molar-refractivity contribution is 1.30. The van der Waals surface area contributed by atoms with E-state index in [2.05, 4.69) is 44.2 Å². The first-order valence-electron chi connectivity index (χ1n) is 7.22. The summed E-state index contributed by atoms with van der Waals surface area (Å²) in [6, 6.07) is 22.3. The van der Waals surface area contributed by atoms with E-state index in [0.717, 1.165) is 22.5 Å². The zero-order chi connectivity index (χ0) is 15.5. The minimum Gasteiger partial charge on any atom is -0.248 e. The molecule has 0 aliphatic rings. The van der Waals surface area contributed by atoms with E-state index in [0.29, 0.717) is 5.56 Å². The van der Waals surface area contributed by atoms with Crippen LogP contribution in [-0.2, 0) is 0 Å².